The molecule has 0 spiro atoms. The number of hydrogen-bond acceptors (Lipinski definition) is 6. The molecule has 1 aromatic carbocycles. The molecular formula is C23H32N4O3S. The predicted octanol–water partition coefficient (Wildman–Crippen LogP) is 2.38. The highest BCUT2D eigenvalue weighted by Gasteiger charge is 2.42. The van der Waals surface area contributed by atoms with E-state index in [-0.39, 0.29) is 24.8 Å². The molecule has 1 aliphatic rings. The maximum atomic E-state index is 12.9. The number of nitrogens with one attached hydrogen (secondary N) is 1. The van der Waals surface area contributed by atoms with Crippen molar-refractivity contribution in [3.63, 3.8) is 0 Å². The molecule has 0 aliphatic carbocycles. The smallest absolute Gasteiger partial charge is 0.243 e. The van der Waals surface area contributed by atoms with Crippen LogP contribution in [0.25, 0.3) is 10.4 Å². The zero-order valence-electron chi connectivity index (χ0n) is 18.8. The number of aryl methyl sites for hydroxylation is 2. The Morgan fingerprint density at radius 2 is 2.06 bits per heavy atom. The summed E-state index contributed by atoms with van der Waals surface area (Å²) in [6.07, 6.45) is -0.507. The zero-order valence-corrected chi connectivity index (χ0v) is 19.6. The second-order valence-corrected chi connectivity index (χ2v) is 10.2. The van der Waals surface area contributed by atoms with Crippen LogP contribution in [0.15, 0.2) is 23.7 Å². The number of carbonyl (C=O) groups is 2. The standard InChI is InChI=1S/C23H32N4O3S/c1-13-8-15(19-14(2)26-12-31-19)6-7-16(13)10-25-21(29)18-9-17(28)11-27(18)22(30)20(24)23(3,4)5/h6-8,12,17-18,20,28H,9-11,24H2,1-5H3,(H,25,29)/t17-,18+,20-/m1/s1. The van der Waals surface area contributed by atoms with E-state index < -0.39 is 23.6 Å². The highest BCUT2D eigenvalue weighted by atomic mass is 32.1. The molecule has 8 heteroatoms. The van der Waals surface area contributed by atoms with Crippen molar-refractivity contribution in [2.45, 2.75) is 65.8 Å². The summed E-state index contributed by atoms with van der Waals surface area (Å²) in [5, 5.41) is 13.0. The van der Waals surface area contributed by atoms with Gasteiger partial charge in [0.2, 0.25) is 11.8 Å². The normalized spacial score (nSPS) is 20.0. The van der Waals surface area contributed by atoms with Crippen LogP contribution in [0.1, 0.15) is 44.0 Å². The topological polar surface area (TPSA) is 109 Å². The number of benzene rings is 1. The average molecular weight is 445 g/mol. The monoisotopic (exact) mass is 444 g/mol. The third-order valence-electron chi connectivity index (χ3n) is 5.87. The lowest BCUT2D eigenvalue weighted by atomic mass is 9.86. The Balaban J connectivity index is 1.68. The van der Waals surface area contributed by atoms with Gasteiger partial charge >= 0.3 is 0 Å². The third kappa shape index (κ3) is 5.14. The molecule has 2 amide bonds. The molecule has 0 unspecified atom stereocenters. The van der Waals surface area contributed by atoms with Gasteiger partial charge in [-0.2, -0.15) is 0 Å². The summed E-state index contributed by atoms with van der Waals surface area (Å²) in [5.41, 5.74) is 11.7. The lowest BCUT2D eigenvalue weighted by Gasteiger charge is -2.32. The van der Waals surface area contributed by atoms with Gasteiger partial charge in [-0.3, -0.25) is 9.59 Å². The van der Waals surface area contributed by atoms with E-state index in [1.54, 1.807) is 11.3 Å². The van der Waals surface area contributed by atoms with E-state index in [1.165, 1.54) is 4.90 Å². The second kappa shape index (κ2) is 9.06. The number of aliphatic hydroxyl groups excluding tert-OH is 1. The van der Waals surface area contributed by atoms with Gasteiger partial charge in [-0.25, -0.2) is 4.98 Å². The molecular weight excluding hydrogens is 412 g/mol. The van der Waals surface area contributed by atoms with Crippen LogP contribution in [-0.2, 0) is 16.1 Å². The fourth-order valence-electron chi connectivity index (χ4n) is 3.77. The number of amides is 2. The fraction of sp³-hybridized carbons (Fsp3) is 0.522. The molecule has 1 saturated heterocycles. The summed E-state index contributed by atoms with van der Waals surface area (Å²) in [6, 6.07) is 4.69. The second-order valence-electron chi connectivity index (χ2n) is 9.37. The van der Waals surface area contributed by atoms with Crippen LogP contribution >= 0.6 is 11.3 Å². The van der Waals surface area contributed by atoms with E-state index in [0.29, 0.717) is 6.54 Å². The van der Waals surface area contributed by atoms with Gasteiger partial charge in [-0.15, -0.1) is 11.3 Å². The summed E-state index contributed by atoms with van der Waals surface area (Å²) in [5.74, 6) is -0.572. The first-order chi connectivity index (χ1) is 14.5. The Hall–Kier alpha value is -2.29. The number of hydrogen-bond donors (Lipinski definition) is 3. The quantitative estimate of drug-likeness (QED) is 0.656. The van der Waals surface area contributed by atoms with Crippen LogP contribution in [0.5, 0.6) is 0 Å². The van der Waals surface area contributed by atoms with Crippen molar-refractivity contribution in [3.8, 4) is 10.4 Å². The molecule has 2 aromatic rings. The molecule has 0 radical (unpaired) electrons. The molecule has 0 bridgehead atoms. The lowest BCUT2D eigenvalue weighted by molar-refractivity contribution is -0.141. The van der Waals surface area contributed by atoms with Crippen LogP contribution in [0, 0.1) is 19.3 Å². The molecule has 1 aliphatic heterocycles. The number of thiazole rings is 1. The minimum Gasteiger partial charge on any atom is -0.391 e. The summed E-state index contributed by atoms with van der Waals surface area (Å²) in [4.78, 5) is 32.6. The van der Waals surface area contributed by atoms with E-state index in [9.17, 15) is 14.7 Å². The van der Waals surface area contributed by atoms with Crippen molar-refractivity contribution in [2.75, 3.05) is 6.54 Å². The van der Waals surface area contributed by atoms with Gasteiger partial charge in [0, 0.05) is 19.5 Å². The molecule has 4 N–H and O–H groups in total. The minimum atomic E-state index is -0.738. The number of aliphatic hydroxyl groups is 1. The Bertz CT molecular complexity index is 966. The summed E-state index contributed by atoms with van der Waals surface area (Å²) >= 11 is 1.61. The van der Waals surface area contributed by atoms with Crippen LogP contribution in [0.2, 0.25) is 0 Å². The van der Waals surface area contributed by atoms with Crippen LogP contribution in [-0.4, -0.2) is 51.5 Å². The molecule has 3 rings (SSSR count). The van der Waals surface area contributed by atoms with Crippen LogP contribution < -0.4 is 11.1 Å². The number of β-amino-alcohol motifs (C(OH)–C–C–N with tert-alkyl or cyclic N) is 1. The van der Waals surface area contributed by atoms with Crippen molar-refractivity contribution in [1.82, 2.24) is 15.2 Å². The van der Waals surface area contributed by atoms with E-state index in [0.717, 1.165) is 27.3 Å². The minimum absolute atomic E-state index is 0.128. The maximum absolute atomic E-state index is 12.9. The molecule has 2 heterocycles. The van der Waals surface area contributed by atoms with Crippen molar-refractivity contribution < 1.29 is 14.7 Å². The Labute approximate surface area is 187 Å². The number of nitrogens with two attached hydrogens (primary N) is 1. The molecule has 7 nitrogen and oxygen atoms in total. The first kappa shape index (κ1) is 23.4. The molecule has 31 heavy (non-hydrogen) atoms. The van der Waals surface area contributed by atoms with Gasteiger partial charge in [0.1, 0.15) is 6.04 Å². The maximum Gasteiger partial charge on any atom is 0.243 e. The van der Waals surface area contributed by atoms with Gasteiger partial charge in [0.05, 0.1) is 28.2 Å². The highest BCUT2D eigenvalue weighted by Crippen LogP contribution is 2.29. The number of nitrogens with zero attached hydrogens (tertiary/aromatic N) is 2. The number of likely N-dealkylation sites (tertiary alicyclic amines) is 1. The van der Waals surface area contributed by atoms with E-state index in [1.807, 2.05) is 52.3 Å². The van der Waals surface area contributed by atoms with Gasteiger partial charge < -0.3 is 21.1 Å². The zero-order chi connectivity index (χ0) is 22.9. The van der Waals surface area contributed by atoms with E-state index in [4.69, 9.17) is 5.73 Å². The Kier molecular flexibility index (Phi) is 6.83. The predicted molar refractivity (Wildman–Crippen MR) is 122 cm³/mol. The number of carbonyl (C=O) groups excluding carboxylic acids is 2. The molecule has 1 aromatic heterocycles. The van der Waals surface area contributed by atoms with Gasteiger partial charge in [-0.05, 0) is 36.0 Å². The van der Waals surface area contributed by atoms with Gasteiger partial charge in [0.25, 0.3) is 0 Å². The molecule has 0 saturated carbocycles. The summed E-state index contributed by atoms with van der Waals surface area (Å²) < 4.78 is 0. The molecule has 168 valence electrons. The number of rotatable bonds is 5. The summed E-state index contributed by atoms with van der Waals surface area (Å²) in [6.45, 7) is 10.1. The van der Waals surface area contributed by atoms with Crippen molar-refractivity contribution in [3.05, 3.63) is 40.5 Å². The highest BCUT2D eigenvalue weighted by molar-refractivity contribution is 7.13. The SMILES string of the molecule is Cc1cc(-c2scnc2C)ccc1CNC(=O)[C@@H]1C[C@@H](O)CN1C(=O)[C@@H](N)C(C)(C)C. The van der Waals surface area contributed by atoms with Crippen LogP contribution in [0.3, 0.4) is 0 Å². The van der Waals surface area contributed by atoms with Gasteiger partial charge in [0.15, 0.2) is 0 Å². The third-order valence-corrected chi connectivity index (χ3v) is 6.84. The summed E-state index contributed by atoms with van der Waals surface area (Å²) in [7, 11) is 0. The van der Waals surface area contributed by atoms with E-state index in [2.05, 4.69) is 16.4 Å². The average Bonchev–Trinajstić information content (AvgIpc) is 3.30. The molecule has 3 atom stereocenters. The first-order valence-corrected chi connectivity index (χ1v) is 11.4. The van der Waals surface area contributed by atoms with Crippen molar-refractivity contribution in [2.24, 2.45) is 11.1 Å². The van der Waals surface area contributed by atoms with Crippen molar-refractivity contribution >= 4 is 23.2 Å². The Morgan fingerprint density at radius 1 is 1.35 bits per heavy atom. The van der Waals surface area contributed by atoms with Gasteiger partial charge in [-0.1, -0.05) is 39.0 Å². The number of aromatic nitrogens is 1. The Morgan fingerprint density at radius 3 is 2.65 bits per heavy atom. The lowest BCUT2D eigenvalue weighted by Crippen LogP contribution is -2.54. The van der Waals surface area contributed by atoms with Crippen molar-refractivity contribution in [1.29, 1.82) is 0 Å². The fourth-order valence-corrected chi connectivity index (χ4v) is 4.57. The van der Waals surface area contributed by atoms with E-state index >= 15 is 0 Å². The largest absolute Gasteiger partial charge is 0.391 e. The van der Waals surface area contributed by atoms with Crippen LogP contribution in [0.4, 0.5) is 0 Å². The molecule has 1 fully saturated rings. The first-order valence-electron chi connectivity index (χ1n) is 10.5.